The van der Waals surface area contributed by atoms with Gasteiger partial charge in [-0.05, 0) is 17.7 Å². The highest BCUT2D eigenvalue weighted by molar-refractivity contribution is 8.13. The third-order valence-corrected chi connectivity index (χ3v) is 3.69. The van der Waals surface area contributed by atoms with Crippen molar-refractivity contribution in [2.45, 2.75) is 11.3 Å². The standard InChI is InChI=1S/C11H13ClO6S/c1-16-8-4-7(6-10(13)18-3)5-9(17-2)11(8)19(12,14)15/h4-5H,6H2,1-3H3. The molecule has 0 bridgehead atoms. The van der Waals surface area contributed by atoms with E-state index >= 15 is 0 Å². The molecule has 0 spiro atoms. The Kier molecular flexibility index (Phi) is 5.02. The van der Waals surface area contributed by atoms with Crippen LogP contribution in [-0.4, -0.2) is 35.7 Å². The summed E-state index contributed by atoms with van der Waals surface area (Å²) in [4.78, 5) is 10.9. The molecule has 8 heteroatoms. The average Bonchev–Trinajstić information content (AvgIpc) is 2.35. The summed E-state index contributed by atoms with van der Waals surface area (Å²) < 4.78 is 37.5. The van der Waals surface area contributed by atoms with Crippen LogP contribution in [0.4, 0.5) is 0 Å². The monoisotopic (exact) mass is 308 g/mol. The van der Waals surface area contributed by atoms with Crippen LogP contribution >= 0.6 is 10.7 Å². The molecule has 0 aliphatic rings. The second-order valence-corrected chi connectivity index (χ2v) is 6.02. The molecular weight excluding hydrogens is 296 g/mol. The largest absolute Gasteiger partial charge is 0.495 e. The van der Waals surface area contributed by atoms with Gasteiger partial charge < -0.3 is 14.2 Å². The van der Waals surface area contributed by atoms with E-state index in [1.807, 2.05) is 0 Å². The third-order valence-electron chi connectivity index (χ3n) is 2.34. The van der Waals surface area contributed by atoms with Crippen LogP contribution in [0.3, 0.4) is 0 Å². The van der Waals surface area contributed by atoms with E-state index in [9.17, 15) is 13.2 Å². The number of rotatable bonds is 5. The zero-order valence-electron chi connectivity index (χ0n) is 10.6. The molecule has 6 nitrogen and oxygen atoms in total. The van der Waals surface area contributed by atoms with Crippen LogP contribution in [0.5, 0.6) is 11.5 Å². The van der Waals surface area contributed by atoms with Crippen molar-refractivity contribution in [2.24, 2.45) is 0 Å². The highest BCUT2D eigenvalue weighted by atomic mass is 35.7. The molecule has 1 aromatic carbocycles. The Morgan fingerprint density at radius 1 is 1.16 bits per heavy atom. The SMILES string of the molecule is COC(=O)Cc1cc(OC)c(S(=O)(=O)Cl)c(OC)c1. The summed E-state index contributed by atoms with van der Waals surface area (Å²) in [5.74, 6) is -0.452. The number of ether oxygens (including phenoxy) is 3. The molecule has 0 N–H and O–H groups in total. The number of carbonyl (C=O) groups excluding carboxylic acids is 1. The van der Waals surface area contributed by atoms with Crippen molar-refractivity contribution >= 4 is 25.7 Å². The molecule has 1 rings (SSSR count). The zero-order chi connectivity index (χ0) is 14.6. The minimum Gasteiger partial charge on any atom is -0.495 e. The van der Waals surface area contributed by atoms with Gasteiger partial charge in [0, 0.05) is 10.7 Å². The van der Waals surface area contributed by atoms with Crippen LogP contribution < -0.4 is 9.47 Å². The predicted molar refractivity (Wildman–Crippen MR) is 68.3 cm³/mol. The van der Waals surface area contributed by atoms with Gasteiger partial charge in [0.2, 0.25) is 0 Å². The molecule has 106 valence electrons. The molecule has 0 unspecified atom stereocenters. The van der Waals surface area contributed by atoms with Crippen molar-refractivity contribution in [3.63, 3.8) is 0 Å². The molecule has 0 saturated carbocycles. The Morgan fingerprint density at radius 3 is 1.95 bits per heavy atom. The minimum absolute atomic E-state index is 0.00764. The first-order valence-electron chi connectivity index (χ1n) is 5.09. The van der Waals surface area contributed by atoms with E-state index in [2.05, 4.69) is 4.74 Å². The van der Waals surface area contributed by atoms with Crippen molar-refractivity contribution in [2.75, 3.05) is 21.3 Å². The minimum atomic E-state index is -4.03. The molecular formula is C11H13ClO6S. The Hall–Kier alpha value is -1.47. The van der Waals surface area contributed by atoms with E-state index in [0.29, 0.717) is 5.56 Å². The van der Waals surface area contributed by atoms with Gasteiger partial charge >= 0.3 is 5.97 Å². The average molecular weight is 309 g/mol. The van der Waals surface area contributed by atoms with Gasteiger partial charge in [-0.3, -0.25) is 4.79 Å². The van der Waals surface area contributed by atoms with Gasteiger partial charge in [0.05, 0.1) is 27.8 Å². The molecule has 0 amide bonds. The highest BCUT2D eigenvalue weighted by Crippen LogP contribution is 2.37. The van der Waals surface area contributed by atoms with Crippen LogP contribution in [-0.2, 0) is 25.0 Å². The normalized spacial score (nSPS) is 10.9. The fourth-order valence-electron chi connectivity index (χ4n) is 1.52. The van der Waals surface area contributed by atoms with Crippen LogP contribution in [0.1, 0.15) is 5.56 Å². The maximum Gasteiger partial charge on any atom is 0.309 e. The summed E-state index contributed by atoms with van der Waals surface area (Å²) in [7, 11) is 5.15. The molecule has 19 heavy (non-hydrogen) atoms. The highest BCUT2D eigenvalue weighted by Gasteiger charge is 2.24. The maximum absolute atomic E-state index is 11.5. The van der Waals surface area contributed by atoms with Crippen LogP contribution in [0.25, 0.3) is 0 Å². The lowest BCUT2D eigenvalue weighted by Crippen LogP contribution is -2.07. The fraction of sp³-hybridized carbons (Fsp3) is 0.364. The van der Waals surface area contributed by atoms with E-state index in [4.69, 9.17) is 20.2 Å². The zero-order valence-corrected chi connectivity index (χ0v) is 12.2. The Labute approximate surface area is 115 Å². The lowest BCUT2D eigenvalue weighted by atomic mass is 10.1. The third kappa shape index (κ3) is 3.74. The number of halogens is 1. The van der Waals surface area contributed by atoms with Gasteiger partial charge in [0.25, 0.3) is 9.05 Å². The molecule has 0 fully saturated rings. The second-order valence-electron chi connectivity index (χ2n) is 3.52. The first-order valence-corrected chi connectivity index (χ1v) is 7.40. The van der Waals surface area contributed by atoms with E-state index in [0.717, 1.165) is 0 Å². The number of benzene rings is 1. The van der Waals surface area contributed by atoms with Gasteiger partial charge in [-0.1, -0.05) is 0 Å². The van der Waals surface area contributed by atoms with Crippen molar-refractivity contribution in [3.8, 4) is 11.5 Å². The van der Waals surface area contributed by atoms with Crippen LogP contribution in [0, 0.1) is 0 Å². The Bertz CT molecular complexity index is 556. The summed E-state index contributed by atoms with van der Waals surface area (Å²) in [5, 5.41) is 0. The van der Waals surface area contributed by atoms with E-state index in [-0.39, 0.29) is 22.8 Å². The number of hydrogen-bond donors (Lipinski definition) is 0. The summed E-state index contributed by atoms with van der Waals surface area (Å²) >= 11 is 0. The van der Waals surface area contributed by atoms with Crippen LogP contribution in [0.15, 0.2) is 17.0 Å². The number of esters is 1. The first kappa shape index (κ1) is 15.6. The predicted octanol–water partition coefficient (Wildman–Crippen LogP) is 1.35. The lowest BCUT2D eigenvalue weighted by molar-refractivity contribution is -0.139. The first-order chi connectivity index (χ1) is 8.83. The molecule has 0 saturated heterocycles. The fourth-order valence-corrected chi connectivity index (χ4v) is 2.74. The Morgan fingerprint density at radius 2 is 1.63 bits per heavy atom. The van der Waals surface area contributed by atoms with E-state index in [1.54, 1.807) is 0 Å². The van der Waals surface area contributed by atoms with Crippen LogP contribution in [0.2, 0.25) is 0 Å². The van der Waals surface area contributed by atoms with Crippen molar-refractivity contribution < 1.29 is 27.4 Å². The van der Waals surface area contributed by atoms with Crippen molar-refractivity contribution in [1.29, 1.82) is 0 Å². The molecule has 0 heterocycles. The van der Waals surface area contributed by atoms with E-state index in [1.165, 1.54) is 33.5 Å². The second kappa shape index (κ2) is 6.12. The van der Waals surface area contributed by atoms with Gasteiger partial charge in [-0.25, -0.2) is 8.42 Å². The molecule has 0 aromatic heterocycles. The van der Waals surface area contributed by atoms with E-state index < -0.39 is 15.0 Å². The maximum atomic E-state index is 11.5. The summed E-state index contributed by atoms with van der Waals surface area (Å²) in [6, 6.07) is 2.80. The number of methoxy groups -OCH3 is 3. The number of carbonyl (C=O) groups is 1. The molecule has 0 radical (unpaired) electrons. The molecule has 0 aliphatic carbocycles. The van der Waals surface area contributed by atoms with Crippen molar-refractivity contribution in [1.82, 2.24) is 0 Å². The summed E-state index contributed by atoms with van der Waals surface area (Å²) in [6.07, 6.45) is -0.0359. The molecule has 0 atom stereocenters. The topological polar surface area (TPSA) is 78.9 Å². The smallest absolute Gasteiger partial charge is 0.309 e. The van der Waals surface area contributed by atoms with Gasteiger partial charge in [-0.2, -0.15) is 0 Å². The van der Waals surface area contributed by atoms with Gasteiger partial charge in [-0.15, -0.1) is 0 Å². The Balaban J connectivity index is 3.40. The van der Waals surface area contributed by atoms with Crippen molar-refractivity contribution in [3.05, 3.63) is 17.7 Å². The summed E-state index contributed by atoms with van der Waals surface area (Å²) in [6.45, 7) is 0. The van der Waals surface area contributed by atoms with Gasteiger partial charge in [0.1, 0.15) is 11.5 Å². The molecule has 1 aromatic rings. The lowest BCUT2D eigenvalue weighted by Gasteiger charge is -2.12. The molecule has 0 aliphatic heterocycles. The quantitative estimate of drug-likeness (QED) is 0.603. The summed E-state index contributed by atoms with van der Waals surface area (Å²) in [5.41, 5.74) is 0.490. The number of hydrogen-bond acceptors (Lipinski definition) is 6. The van der Waals surface area contributed by atoms with Gasteiger partial charge in [0.15, 0.2) is 4.90 Å².